The van der Waals surface area contributed by atoms with Gasteiger partial charge in [-0.1, -0.05) is 17.7 Å². The number of rotatable bonds is 2. The van der Waals surface area contributed by atoms with Crippen molar-refractivity contribution in [3.8, 4) is 0 Å². The van der Waals surface area contributed by atoms with Crippen LogP contribution in [0.2, 0.25) is 5.02 Å². The standard InChI is InChI=1S/C13H6BrClF2O/c14-10-3-1-2-8(12(10)15)13(18)9-6-7(16)4-5-11(9)17/h1-6H. The van der Waals surface area contributed by atoms with Crippen molar-refractivity contribution in [2.45, 2.75) is 0 Å². The largest absolute Gasteiger partial charge is 0.288 e. The van der Waals surface area contributed by atoms with Crippen LogP contribution >= 0.6 is 27.5 Å². The van der Waals surface area contributed by atoms with E-state index in [1.54, 1.807) is 12.1 Å². The van der Waals surface area contributed by atoms with Crippen molar-refractivity contribution in [2.75, 3.05) is 0 Å². The molecule has 0 N–H and O–H groups in total. The average molecular weight is 332 g/mol. The van der Waals surface area contributed by atoms with Gasteiger partial charge in [0.25, 0.3) is 0 Å². The highest BCUT2D eigenvalue weighted by Gasteiger charge is 2.18. The summed E-state index contributed by atoms with van der Waals surface area (Å²) in [5.41, 5.74) is -0.217. The molecule has 0 aliphatic rings. The molecule has 1 nitrogen and oxygen atoms in total. The molecule has 5 heteroatoms. The van der Waals surface area contributed by atoms with Gasteiger partial charge < -0.3 is 0 Å². The Morgan fingerprint density at radius 2 is 1.83 bits per heavy atom. The zero-order valence-electron chi connectivity index (χ0n) is 8.88. The third kappa shape index (κ3) is 2.44. The highest BCUT2D eigenvalue weighted by Crippen LogP contribution is 2.28. The van der Waals surface area contributed by atoms with Gasteiger partial charge in [-0.2, -0.15) is 0 Å². The van der Waals surface area contributed by atoms with Crippen LogP contribution in [0.4, 0.5) is 8.78 Å². The van der Waals surface area contributed by atoms with Crippen molar-refractivity contribution < 1.29 is 13.6 Å². The fraction of sp³-hybridized carbons (Fsp3) is 0. The summed E-state index contributed by atoms with van der Waals surface area (Å²) in [6.45, 7) is 0. The first-order valence-electron chi connectivity index (χ1n) is 4.94. The lowest BCUT2D eigenvalue weighted by Gasteiger charge is -2.06. The van der Waals surface area contributed by atoms with Crippen molar-refractivity contribution in [2.24, 2.45) is 0 Å². The molecular formula is C13H6BrClF2O. The molecule has 0 spiro atoms. The Morgan fingerprint density at radius 3 is 2.56 bits per heavy atom. The van der Waals surface area contributed by atoms with E-state index in [4.69, 9.17) is 11.6 Å². The van der Waals surface area contributed by atoms with Crippen LogP contribution in [0, 0.1) is 11.6 Å². The van der Waals surface area contributed by atoms with Gasteiger partial charge in [0, 0.05) is 10.0 Å². The summed E-state index contributed by atoms with van der Waals surface area (Å²) in [5, 5.41) is 0.172. The van der Waals surface area contributed by atoms with E-state index in [0.29, 0.717) is 4.47 Å². The van der Waals surface area contributed by atoms with E-state index in [0.717, 1.165) is 18.2 Å². The van der Waals surface area contributed by atoms with Crippen LogP contribution in [-0.4, -0.2) is 5.78 Å². The van der Waals surface area contributed by atoms with Crippen LogP contribution in [-0.2, 0) is 0 Å². The van der Waals surface area contributed by atoms with E-state index < -0.39 is 17.4 Å². The van der Waals surface area contributed by atoms with Gasteiger partial charge >= 0.3 is 0 Å². The molecule has 0 saturated carbocycles. The predicted octanol–water partition coefficient (Wildman–Crippen LogP) is 4.61. The summed E-state index contributed by atoms with van der Waals surface area (Å²) in [7, 11) is 0. The molecule has 0 atom stereocenters. The van der Waals surface area contributed by atoms with Gasteiger partial charge in [0.2, 0.25) is 0 Å². The lowest BCUT2D eigenvalue weighted by Crippen LogP contribution is -2.05. The Labute approximate surface area is 116 Å². The summed E-state index contributed by atoms with van der Waals surface area (Å²) < 4.78 is 27.1. The number of hydrogen-bond acceptors (Lipinski definition) is 1. The normalized spacial score (nSPS) is 10.4. The molecule has 92 valence electrons. The smallest absolute Gasteiger partial charge is 0.197 e. The Kier molecular flexibility index (Phi) is 3.78. The zero-order valence-corrected chi connectivity index (χ0v) is 11.2. The minimum absolute atomic E-state index is 0.121. The molecule has 2 aromatic rings. The molecule has 0 unspecified atom stereocenters. The van der Waals surface area contributed by atoms with Crippen molar-refractivity contribution in [3.63, 3.8) is 0 Å². The average Bonchev–Trinajstić information content (AvgIpc) is 2.35. The number of hydrogen-bond donors (Lipinski definition) is 0. The number of benzene rings is 2. The van der Waals surface area contributed by atoms with Crippen LogP contribution in [0.5, 0.6) is 0 Å². The van der Waals surface area contributed by atoms with Crippen LogP contribution in [0.25, 0.3) is 0 Å². The molecule has 0 aliphatic heterocycles. The topological polar surface area (TPSA) is 17.1 Å². The number of carbonyl (C=O) groups is 1. The zero-order chi connectivity index (χ0) is 13.3. The Balaban J connectivity index is 2.55. The summed E-state index contributed by atoms with van der Waals surface area (Å²) in [5.74, 6) is -2.11. The van der Waals surface area contributed by atoms with Crippen LogP contribution < -0.4 is 0 Å². The van der Waals surface area contributed by atoms with Gasteiger partial charge in [0.05, 0.1) is 10.6 Å². The molecule has 0 fully saturated rings. The monoisotopic (exact) mass is 330 g/mol. The molecule has 18 heavy (non-hydrogen) atoms. The fourth-order valence-electron chi connectivity index (χ4n) is 1.50. The second kappa shape index (κ2) is 5.16. The van der Waals surface area contributed by atoms with Gasteiger partial charge in [0.15, 0.2) is 5.78 Å². The van der Waals surface area contributed by atoms with E-state index in [1.165, 1.54) is 6.07 Å². The fourth-order valence-corrected chi connectivity index (χ4v) is 2.07. The minimum atomic E-state index is -0.780. The third-order valence-corrected chi connectivity index (χ3v) is 3.67. The summed E-state index contributed by atoms with van der Waals surface area (Å²) in [6, 6.07) is 7.43. The highest BCUT2D eigenvalue weighted by molar-refractivity contribution is 9.10. The molecule has 0 bridgehead atoms. The number of carbonyl (C=O) groups excluding carboxylic acids is 1. The molecule has 2 aromatic carbocycles. The van der Waals surface area contributed by atoms with E-state index in [9.17, 15) is 13.6 Å². The van der Waals surface area contributed by atoms with Crippen molar-refractivity contribution in [3.05, 3.63) is 68.7 Å². The Morgan fingerprint density at radius 1 is 1.11 bits per heavy atom. The molecule has 0 aromatic heterocycles. The van der Waals surface area contributed by atoms with Gasteiger partial charge in [-0.3, -0.25) is 4.79 Å². The number of halogens is 4. The Bertz CT molecular complexity index is 624. The molecule has 0 heterocycles. The molecule has 0 saturated heterocycles. The van der Waals surface area contributed by atoms with Crippen molar-refractivity contribution >= 4 is 33.3 Å². The predicted molar refractivity (Wildman–Crippen MR) is 68.9 cm³/mol. The van der Waals surface area contributed by atoms with Crippen LogP contribution in [0.3, 0.4) is 0 Å². The van der Waals surface area contributed by atoms with Gasteiger partial charge in [-0.25, -0.2) is 8.78 Å². The molecule has 2 rings (SSSR count). The SMILES string of the molecule is O=C(c1cc(F)ccc1F)c1cccc(Br)c1Cl. The maximum Gasteiger partial charge on any atom is 0.197 e. The van der Waals surface area contributed by atoms with Crippen LogP contribution in [0.1, 0.15) is 15.9 Å². The molecule has 0 amide bonds. The first-order valence-corrected chi connectivity index (χ1v) is 6.11. The third-order valence-electron chi connectivity index (χ3n) is 2.37. The van der Waals surface area contributed by atoms with Crippen molar-refractivity contribution in [1.82, 2.24) is 0 Å². The van der Waals surface area contributed by atoms with Gasteiger partial charge in [-0.15, -0.1) is 0 Å². The second-order valence-corrected chi connectivity index (χ2v) is 4.79. The lowest BCUT2D eigenvalue weighted by atomic mass is 10.0. The molecular weight excluding hydrogens is 325 g/mol. The van der Waals surface area contributed by atoms with Gasteiger partial charge in [-0.05, 0) is 46.3 Å². The highest BCUT2D eigenvalue weighted by atomic mass is 79.9. The van der Waals surface area contributed by atoms with E-state index in [1.807, 2.05) is 0 Å². The first-order chi connectivity index (χ1) is 8.50. The summed E-state index contributed by atoms with van der Waals surface area (Å²) >= 11 is 9.11. The van der Waals surface area contributed by atoms with E-state index >= 15 is 0 Å². The van der Waals surface area contributed by atoms with E-state index in [-0.39, 0.29) is 16.1 Å². The Hall–Kier alpha value is -1.26. The summed E-state index contributed by atoms with van der Waals surface area (Å²) in [4.78, 5) is 12.1. The lowest BCUT2D eigenvalue weighted by molar-refractivity contribution is 0.103. The molecule has 0 radical (unpaired) electrons. The maximum absolute atomic E-state index is 13.5. The minimum Gasteiger partial charge on any atom is -0.288 e. The van der Waals surface area contributed by atoms with Crippen LogP contribution in [0.15, 0.2) is 40.9 Å². The second-order valence-electron chi connectivity index (χ2n) is 3.55. The quantitative estimate of drug-likeness (QED) is 0.734. The number of ketones is 1. The van der Waals surface area contributed by atoms with E-state index in [2.05, 4.69) is 15.9 Å². The molecule has 0 aliphatic carbocycles. The van der Waals surface area contributed by atoms with Gasteiger partial charge in [0.1, 0.15) is 11.6 Å². The maximum atomic E-state index is 13.5. The first kappa shape index (κ1) is 13.2. The van der Waals surface area contributed by atoms with Crippen molar-refractivity contribution in [1.29, 1.82) is 0 Å². The summed E-state index contributed by atoms with van der Waals surface area (Å²) in [6.07, 6.45) is 0.